The van der Waals surface area contributed by atoms with E-state index >= 15 is 0 Å². The highest BCUT2D eigenvalue weighted by atomic mass is 16.7. The Bertz CT molecular complexity index is 581. The largest absolute Gasteiger partial charge is 0.460 e. The number of terminal acetylenes is 1. The zero-order valence-corrected chi connectivity index (χ0v) is 16.7. The van der Waals surface area contributed by atoms with E-state index in [0.29, 0.717) is 17.4 Å². The van der Waals surface area contributed by atoms with Crippen molar-refractivity contribution in [2.75, 3.05) is 27.2 Å². The highest BCUT2D eigenvalue weighted by Gasteiger charge is 2.41. The molecule has 0 aromatic carbocycles. The van der Waals surface area contributed by atoms with Gasteiger partial charge in [-0.2, -0.15) is 0 Å². The molecule has 8 heteroatoms. The Morgan fingerprint density at radius 2 is 1.70 bits per heavy atom. The van der Waals surface area contributed by atoms with E-state index in [1.54, 1.807) is 6.92 Å². The van der Waals surface area contributed by atoms with Crippen molar-refractivity contribution in [3.8, 4) is 12.3 Å². The second kappa shape index (κ2) is 10.3. The van der Waals surface area contributed by atoms with Gasteiger partial charge in [0, 0.05) is 26.7 Å². The standard InChI is InChI=1S/C19H30NO7/c1-7-10-20(5,6)11-8-9-18(23)27-19-17(26-15(4)22)12-16(13(2)24-19)25-14(3)21/h1,13,16-17,19H,8-12H2,2-6H3/q+1/t13-,16?,17+,19?/m0/s1. The van der Waals surface area contributed by atoms with Gasteiger partial charge in [0.15, 0.2) is 6.10 Å². The van der Waals surface area contributed by atoms with E-state index in [9.17, 15) is 14.4 Å². The van der Waals surface area contributed by atoms with Crippen LogP contribution in [0.3, 0.4) is 0 Å². The summed E-state index contributed by atoms with van der Waals surface area (Å²) in [6.07, 6.45) is 3.39. The zero-order chi connectivity index (χ0) is 20.6. The summed E-state index contributed by atoms with van der Waals surface area (Å²) in [7, 11) is 3.98. The number of carbonyl (C=O) groups excluding carboxylic acids is 3. The molecule has 0 saturated carbocycles. The van der Waals surface area contributed by atoms with Gasteiger partial charge in [0.05, 0.1) is 33.2 Å². The summed E-state index contributed by atoms with van der Waals surface area (Å²) in [4.78, 5) is 34.7. The molecule has 0 aliphatic carbocycles. The van der Waals surface area contributed by atoms with Crippen molar-refractivity contribution < 1.29 is 37.8 Å². The van der Waals surface area contributed by atoms with Crippen LogP contribution in [0.1, 0.15) is 40.0 Å². The molecule has 8 nitrogen and oxygen atoms in total. The third-order valence-electron chi connectivity index (χ3n) is 4.19. The highest BCUT2D eigenvalue weighted by Crippen LogP contribution is 2.26. The van der Waals surface area contributed by atoms with Gasteiger partial charge in [-0.3, -0.25) is 14.4 Å². The Labute approximate surface area is 160 Å². The summed E-state index contributed by atoms with van der Waals surface area (Å²) >= 11 is 0. The molecule has 1 rings (SSSR count). The first-order valence-corrected chi connectivity index (χ1v) is 8.99. The van der Waals surface area contributed by atoms with Gasteiger partial charge in [-0.25, -0.2) is 0 Å². The van der Waals surface area contributed by atoms with Crippen LogP contribution in [0, 0.1) is 12.3 Å². The van der Waals surface area contributed by atoms with E-state index in [0.717, 1.165) is 6.54 Å². The molecule has 1 heterocycles. The minimum absolute atomic E-state index is 0.195. The maximum absolute atomic E-state index is 12.2. The second-order valence-electron chi connectivity index (χ2n) is 7.36. The van der Waals surface area contributed by atoms with Crippen molar-refractivity contribution in [3.05, 3.63) is 0 Å². The van der Waals surface area contributed by atoms with E-state index < -0.39 is 42.5 Å². The van der Waals surface area contributed by atoms with Crippen LogP contribution in [0.25, 0.3) is 0 Å². The average Bonchev–Trinajstić information content (AvgIpc) is 2.50. The lowest BCUT2D eigenvalue weighted by molar-refractivity contribution is -0.883. The van der Waals surface area contributed by atoms with E-state index in [4.69, 9.17) is 25.4 Å². The summed E-state index contributed by atoms with van der Waals surface area (Å²) < 4.78 is 22.0. The van der Waals surface area contributed by atoms with Gasteiger partial charge in [0.1, 0.15) is 12.6 Å². The molecular formula is C19H30NO7+. The van der Waals surface area contributed by atoms with Crippen LogP contribution in [0.5, 0.6) is 0 Å². The van der Waals surface area contributed by atoms with Crippen LogP contribution in [-0.2, 0) is 33.3 Å². The van der Waals surface area contributed by atoms with E-state index in [1.165, 1.54) is 13.8 Å². The van der Waals surface area contributed by atoms with Crippen LogP contribution < -0.4 is 0 Å². The summed E-state index contributed by atoms with van der Waals surface area (Å²) in [5.41, 5.74) is 0. The van der Waals surface area contributed by atoms with Crippen LogP contribution in [0.15, 0.2) is 0 Å². The molecule has 152 valence electrons. The minimum atomic E-state index is -1.03. The summed E-state index contributed by atoms with van der Waals surface area (Å²) in [5, 5.41) is 0. The Morgan fingerprint density at radius 3 is 2.26 bits per heavy atom. The van der Waals surface area contributed by atoms with E-state index in [2.05, 4.69) is 5.92 Å². The molecule has 0 spiro atoms. The second-order valence-corrected chi connectivity index (χ2v) is 7.36. The fourth-order valence-corrected chi connectivity index (χ4v) is 2.86. The molecule has 0 aromatic rings. The average molecular weight is 384 g/mol. The van der Waals surface area contributed by atoms with Gasteiger partial charge in [0.25, 0.3) is 0 Å². The topological polar surface area (TPSA) is 88.1 Å². The van der Waals surface area contributed by atoms with Gasteiger partial charge >= 0.3 is 17.9 Å². The molecule has 1 fully saturated rings. The first kappa shape index (κ1) is 22.9. The number of nitrogens with zero attached hydrogens (tertiary/aromatic N) is 1. The van der Waals surface area contributed by atoms with Crippen molar-refractivity contribution in [2.45, 2.75) is 64.6 Å². The predicted octanol–water partition coefficient (Wildman–Crippen LogP) is 1.02. The van der Waals surface area contributed by atoms with Crippen LogP contribution in [-0.4, -0.2) is 74.2 Å². The molecular weight excluding hydrogens is 354 g/mol. The summed E-state index contributed by atoms with van der Waals surface area (Å²) in [6.45, 7) is 5.55. The molecule has 0 radical (unpaired) electrons. The maximum atomic E-state index is 12.2. The van der Waals surface area contributed by atoms with Gasteiger partial charge < -0.3 is 23.4 Å². The maximum Gasteiger partial charge on any atom is 0.308 e. The Balaban J connectivity index is 2.61. The van der Waals surface area contributed by atoms with Crippen molar-refractivity contribution in [1.29, 1.82) is 0 Å². The Morgan fingerprint density at radius 1 is 1.11 bits per heavy atom. The third kappa shape index (κ3) is 8.41. The zero-order valence-electron chi connectivity index (χ0n) is 16.7. The minimum Gasteiger partial charge on any atom is -0.460 e. The van der Waals surface area contributed by atoms with Crippen molar-refractivity contribution in [3.63, 3.8) is 0 Å². The molecule has 0 amide bonds. The van der Waals surface area contributed by atoms with Crippen LogP contribution in [0.4, 0.5) is 0 Å². The Kier molecular flexibility index (Phi) is 8.73. The third-order valence-corrected chi connectivity index (χ3v) is 4.19. The quantitative estimate of drug-likeness (QED) is 0.267. The van der Waals surface area contributed by atoms with Gasteiger partial charge in [-0.15, -0.1) is 6.42 Å². The predicted molar refractivity (Wildman–Crippen MR) is 96.1 cm³/mol. The molecule has 1 aliphatic heterocycles. The molecule has 1 saturated heterocycles. The summed E-state index contributed by atoms with van der Waals surface area (Å²) in [6, 6.07) is 0. The first-order valence-electron chi connectivity index (χ1n) is 8.99. The molecule has 2 unspecified atom stereocenters. The molecule has 27 heavy (non-hydrogen) atoms. The number of rotatable bonds is 8. The number of ether oxygens (including phenoxy) is 4. The lowest BCUT2D eigenvalue weighted by Gasteiger charge is -2.38. The molecule has 4 atom stereocenters. The molecule has 0 N–H and O–H groups in total. The highest BCUT2D eigenvalue weighted by molar-refractivity contribution is 5.69. The van der Waals surface area contributed by atoms with E-state index in [1.807, 2.05) is 14.1 Å². The number of hydrogen-bond acceptors (Lipinski definition) is 7. The lowest BCUT2D eigenvalue weighted by atomic mass is 10.0. The van der Waals surface area contributed by atoms with E-state index in [-0.39, 0.29) is 12.8 Å². The fourth-order valence-electron chi connectivity index (χ4n) is 2.86. The SMILES string of the molecule is C#CC[N+](C)(C)CCCC(=O)OC1O[C@@H](C)C(OC(C)=O)C[C@H]1OC(C)=O. The number of esters is 3. The van der Waals surface area contributed by atoms with Gasteiger partial charge in [-0.1, -0.05) is 0 Å². The number of quaternary nitrogens is 1. The normalized spacial score (nSPS) is 25.2. The summed E-state index contributed by atoms with van der Waals surface area (Å²) in [5.74, 6) is 1.17. The molecule has 1 aliphatic rings. The number of hydrogen-bond donors (Lipinski definition) is 0. The monoisotopic (exact) mass is 384 g/mol. The van der Waals surface area contributed by atoms with Crippen molar-refractivity contribution in [1.82, 2.24) is 0 Å². The lowest BCUT2D eigenvalue weighted by Crippen LogP contribution is -2.50. The Hall–Kier alpha value is -2.11. The van der Waals surface area contributed by atoms with Crippen LogP contribution >= 0.6 is 0 Å². The van der Waals surface area contributed by atoms with Crippen LogP contribution in [0.2, 0.25) is 0 Å². The van der Waals surface area contributed by atoms with Crippen molar-refractivity contribution >= 4 is 17.9 Å². The van der Waals surface area contributed by atoms with Gasteiger partial charge in [-0.05, 0) is 12.8 Å². The smallest absolute Gasteiger partial charge is 0.308 e. The van der Waals surface area contributed by atoms with Gasteiger partial charge in [0.2, 0.25) is 6.29 Å². The fraction of sp³-hybridized carbons (Fsp3) is 0.737. The number of carbonyl (C=O) groups is 3. The molecule has 0 aromatic heterocycles. The molecule has 0 bridgehead atoms. The first-order chi connectivity index (χ1) is 12.5. The van der Waals surface area contributed by atoms with Crippen molar-refractivity contribution in [2.24, 2.45) is 0 Å².